The van der Waals surface area contributed by atoms with Gasteiger partial charge in [-0.25, -0.2) is 0 Å². The van der Waals surface area contributed by atoms with E-state index in [2.05, 4.69) is 0 Å². The van der Waals surface area contributed by atoms with E-state index in [1.165, 1.54) is 24.3 Å². The van der Waals surface area contributed by atoms with E-state index in [0.29, 0.717) is 16.7 Å². The molecule has 1 nitrogen and oxygen atoms in total. The first kappa shape index (κ1) is 7.13. The number of hydrogen-bond acceptors (Lipinski definition) is 1. The molecule has 0 bridgehead atoms. The minimum absolute atomic E-state index is 0.375. The molecule has 9 heavy (non-hydrogen) atoms. The molecule has 1 aliphatic rings. The molecule has 0 aliphatic carbocycles. The number of hydrogen-bond donors (Lipinski definition) is 0. The van der Waals surface area contributed by atoms with Gasteiger partial charge in [-0.3, -0.25) is 4.79 Å². The topological polar surface area (TPSA) is 17.1 Å². The molecule has 2 heteroatoms. The van der Waals surface area contributed by atoms with Crippen LogP contribution in [0, 0.1) is 0 Å². The fourth-order valence-electron chi connectivity index (χ4n) is 1.15. The Morgan fingerprint density at radius 1 is 1.44 bits per heavy atom. The van der Waals surface area contributed by atoms with Gasteiger partial charge in [0.2, 0.25) is 0 Å². The summed E-state index contributed by atoms with van der Waals surface area (Å²) < 4.78 is 0. The van der Waals surface area contributed by atoms with Gasteiger partial charge in [-0.2, -0.15) is 0 Å². The van der Waals surface area contributed by atoms with Crippen molar-refractivity contribution >= 4 is 16.7 Å². The molecule has 0 aromatic rings. The number of rotatable bonds is 2. The van der Waals surface area contributed by atoms with Crippen LogP contribution in [0.4, 0.5) is 0 Å². The van der Waals surface area contributed by atoms with E-state index in [1.807, 2.05) is 0 Å². The molecule has 0 radical (unpaired) electrons. The molecule has 0 amide bonds. The Labute approximate surface area is 59.2 Å². The SMILES string of the molecule is CC(=O)C[S+]1CCCC1. The van der Waals surface area contributed by atoms with Crippen LogP contribution in [0.1, 0.15) is 19.8 Å². The third kappa shape index (κ3) is 2.39. The summed E-state index contributed by atoms with van der Waals surface area (Å²) in [7, 11) is 0.493. The summed E-state index contributed by atoms with van der Waals surface area (Å²) in [4.78, 5) is 10.6. The standard InChI is InChI=1S/C7H13OS/c1-7(8)6-9-4-2-3-5-9/h2-6H2,1H3/q+1. The molecule has 0 unspecified atom stereocenters. The lowest BCUT2D eigenvalue weighted by Crippen LogP contribution is -2.14. The minimum atomic E-state index is 0.375. The van der Waals surface area contributed by atoms with Crippen molar-refractivity contribution in [2.24, 2.45) is 0 Å². The van der Waals surface area contributed by atoms with Crippen LogP contribution in [0.5, 0.6) is 0 Å². The average Bonchev–Trinajstić information content (AvgIpc) is 2.15. The Hall–Kier alpha value is 0.0200. The molecule has 0 saturated carbocycles. The van der Waals surface area contributed by atoms with Gasteiger partial charge in [0.15, 0.2) is 11.5 Å². The van der Waals surface area contributed by atoms with Crippen LogP contribution >= 0.6 is 0 Å². The van der Waals surface area contributed by atoms with Crippen LogP contribution in [-0.2, 0) is 15.7 Å². The lowest BCUT2D eigenvalue weighted by Gasteiger charge is -1.93. The first-order valence-electron chi connectivity index (χ1n) is 3.42. The normalized spacial score (nSPS) is 20.6. The summed E-state index contributed by atoms with van der Waals surface area (Å²) in [5, 5.41) is 0. The first-order valence-corrected chi connectivity index (χ1v) is 5.16. The van der Waals surface area contributed by atoms with Gasteiger partial charge in [0.25, 0.3) is 0 Å². The van der Waals surface area contributed by atoms with E-state index in [0.717, 1.165) is 5.75 Å². The molecule has 1 aliphatic heterocycles. The molecule has 1 heterocycles. The molecule has 52 valence electrons. The van der Waals surface area contributed by atoms with Crippen LogP contribution < -0.4 is 0 Å². The van der Waals surface area contributed by atoms with Crippen molar-refractivity contribution in [2.45, 2.75) is 19.8 Å². The molecule has 1 fully saturated rings. The highest BCUT2D eigenvalue weighted by Gasteiger charge is 2.24. The summed E-state index contributed by atoms with van der Waals surface area (Å²) in [5.74, 6) is 3.87. The smallest absolute Gasteiger partial charge is 0.178 e. The van der Waals surface area contributed by atoms with Gasteiger partial charge >= 0.3 is 0 Å². The van der Waals surface area contributed by atoms with Gasteiger partial charge < -0.3 is 0 Å². The van der Waals surface area contributed by atoms with Crippen LogP contribution in [0.15, 0.2) is 0 Å². The molecule has 1 saturated heterocycles. The third-order valence-electron chi connectivity index (χ3n) is 1.52. The second-order valence-corrected chi connectivity index (χ2v) is 4.90. The fraction of sp³-hybridized carbons (Fsp3) is 0.857. The maximum atomic E-state index is 10.6. The van der Waals surface area contributed by atoms with E-state index in [9.17, 15) is 4.79 Å². The van der Waals surface area contributed by atoms with Gasteiger partial charge in [0, 0.05) is 0 Å². The van der Waals surface area contributed by atoms with Crippen molar-refractivity contribution in [1.29, 1.82) is 0 Å². The lowest BCUT2D eigenvalue weighted by atomic mass is 10.4. The Morgan fingerprint density at radius 3 is 2.44 bits per heavy atom. The highest BCUT2D eigenvalue weighted by Crippen LogP contribution is 2.12. The van der Waals surface area contributed by atoms with Crippen molar-refractivity contribution in [1.82, 2.24) is 0 Å². The Kier molecular flexibility index (Phi) is 2.58. The zero-order valence-corrected chi connectivity index (χ0v) is 6.67. The second kappa shape index (κ2) is 3.25. The molecule has 0 aromatic heterocycles. The summed E-state index contributed by atoms with van der Waals surface area (Å²) in [5.41, 5.74) is 0. The van der Waals surface area contributed by atoms with E-state index in [-0.39, 0.29) is 0 Å². The summed E-state index contributed by atoms with van der Waals surface area (Å²) in [6.07, 6.45) is 2.72. The van der Waals surface area contributed by atoms with E-state index in [4.69, 9.17) is 0 Å². The first-order chi connectivity index (χ1) is 4.29. The molecular formula is C7H13OS+. The minimum Gasteiger partial charge on any atom is -0.295 e. The number of Topliss-reactive ketones (excluding diaryl/α,β-unsaturated/α-hetero) is 1. The van der Waals surface area contributed by atoms with Crippen molar-refractivity contribution in [3.8, 4) is 0 Å². The van der Waals surface area contributed by atoms with Crippen LogP contribution in [0.2, 0.25) is 0 Å². The highest BCUT2D eigenvalue weighted by atomic mass is 32.2. The van der Waals surface area contributed by atoms with Crippen LogP contribution in [-0.4, -0.2) is 23.0 Å². The second-order valence-electron chi connectivity index (χ2n) is 2.57. The average molecular weight is 145 g/mol. The molecule has 0 spiro atoms. The Bertz CT molecular complexity index is 105. The number of ketones is 1. The van der Waals surface area contributed by atoms with E-state index < -0.39 is 0 Å². The monoisotopic (exact) mass is 145 g/mol. The number of carbonyl (C=O) groups excluding carboxylic acids is 1. The predicted octanol–water partition coefficient (Wildman–Crippen LogP) is 0.988. The van der Waals surface area contributed by atoms with Gasteiger partial charge in [-0.05, 0) is 30.7 Å². The zero-order chi connectivity index (χ0) is 6.69. The third-order valence-corrected chi connectivity index (χ3v) is 4.07. The Balaban J connectivity index is 2.19. The van der Waals surface area contributed by atoms with Gasteiger partial charge in [-0.15, -0.1) is 0 Å². The maximum Gasteiger partial charge on any atom is 0.178 e. The van der Waals surface area contributed by atoms with Gasteiger partial charge in [0.1, 0.15) is 11.5 Å². The van der Waals surface area contributed by atoms with Gasteiger partial charge in [-0.1, -0.05) is 0 Å². The zero-order valence-electron chi connectivity index (χ0n) is 5.85. The molecule has 0 N–H and O–H groups in total. The van der Waals surface area contributed by atoms with E-state index >= 15 is 0 Å². The predicted molar refractivity (Wildman–Crippen MR) is 41.9 cm³/mol. The molecule has 0 atom stereocenters. The fourth-order valence-corrected chi connectivity index (χ4v) is 3.44. The summed E-state index contributed by atoms with van der Waals surface area (Å²) in [6, 6.07) is 0. The van der Waals surface area contributed by atoms with Crippen molar-refractivity contribution in [2.75, 3.05) is 17.3 Å². The quantitative estimate of drug-likeness (QED) is 0.529. The summed E-state index contributed by atoms with van der Waals surface area (Å²) >= 11 is 0. The van der Waals surface area contributed by atoms with Crippen molar-refractivity contribution in [3.05, 3.63) is 0 Å². The molecular weight excluding hydrogens is 132 g/mol. The molecule has 1 rings (SSSR count). The highest BCUT2D eigenvalue weighted by molar-refractivity contribution is 7.97. The Morgan fingerprint density at radius 2 is 2.00 bits per heavy atom. The van der Waals surface area contributed by atoms with Crippen molar-refractivity contribution < 1.29 is 4.79 Å². The van der Waals surface area contributed by atoms with Crippen molar-refractivity contribution in [3.63, 3.8) is 0 Å². The molecule has 0 aromatic carbocycles. The van der Waals surface area contributed by atoms with Gasteiger partial charge in [0.05, 0.1) is 0 Å². The van der Waals surface area contributed by atoms with E-state index in [1.54, 1.807) is 6.92 Å². The summed E-state index contributed by atoms with van der Waals surface area (Å²) in [6.45, 7) is 1.70. The number of carbonyl (C=O) groups is 1. The van der Waals surface area contributed by atoms with Crippen LogP contribution in [0.25, 0.3) is 0 Å². The van der Waals surface area contributed by atoms with Crippen LogP contribution in [0.3, 0.4) is 0 Å². The largest absolute Gasteiger partial charge is 0.295 e. The maximum absolute atomic E-state index is 10.6. The lowest BCUT2D eigenvalue weighted by molar-refractivity contribution is -0.114.